The Labute approximate surface area is 140 Å². The molecule has 1 heterocycles. The van der Waals surface area contributed by atoms with E-state index in [0.29, 0.717) is 18.0 Å². The number of carbonyl (C=O) groups is 1. The number of benzene rings is 1. The Morgan fingerprint density at radius 1 is 1.16 bits per heavy atom. The Morgan fingerprint density at radius 3 is 2.56 bits per heavy atom. The predicted octanol–water partition coefficient (Wildman–Crippen LogP) is 2.43. The normalized spacial score (nSPS) is 11.2. The van der Waals surface area contributed by atoms with Crippen LogP contribution in [-0.4, -0.2) is 30.7 Å². The molecule has 1 aromatic carbocycles. The van der Waals surface area contributed by atoms with Gasteiger partial charge in [0.2, 0.25) is 0 Å². The number of aromatic nitrogens is 1. The van der Waals surface area contributed by atoms with Crippen molar-refractivity contribution in [2.45, 2.75) is 6.18 Å². The monoisotopic (exact) mass is 356 g/mol. The molecule has 6 nitrogen and oxygen atoms in total. The number of hydrogen-bond acceptors (Lipinski definition) is 4. The fourth-order valence-electron chi connectivity index (χ4n) is 1.83. The molecule has 0 fully saturated rings. The van der Waals surface area contributed by atoms with E-state index in [1.165, 1.54) is 0 Å². The molecule has 0 aliphatic carbocycles. The van der Waals surface area contributed by atoms with Crippen molar-refractivity contribution in [1.82, 2.24) is 4.98 Å². The van der Waals surface area contributed by atoms with E-state index in [2.05, 4.69) is 5.32 Å². The van der Waals surface area contributed by atoms with Gasteiger partial charge in [-0.2, -0.15) is 13.2 Å². The molecule has 0 saturated heterocycles. The van der Waals surface area contributed by atoms with Gasteiger partial charge >= 0.3 is 6.18 Å². The molecular formula is C16H15F3N2O4. The summed E-state index contributed by atoms with van der Waals surface area (Å²) in [4.78, 5) is 25.0. The van der Waals surface area contributed by atoms with Crippen molar-refractivity contribution in [3.63, 3.8) is 0 Å². The molecule has 2 aromatic rings. The van der Waals surface area contributed by atoms with Gasteiger partial charge in [0.15, 0.2) is 0 Å². The smallest absolute Gasteiger partial charge is 0.417 e. The standard InChI is InChI=1S/C16H15F3N2O4/c17-16(18,19)11-8-13(15(23)20-9-11)21-14(22)10-24-6-7-25-12-4-2-1-3-5-12/h1-5,8-9H,6-7,10H2,(H,20,23)(H,21,22). The van der Waals surface area contributed by atoms with Crippen LogP contribution in [0.3, 0.4) is 0 Å². The number of halogens is 3. The second-order valence-electron chi connectivity index (χ2n) is 4.89. The third-order valence-corrected chi connectivity index (χ3v) is 2.98. The third kappa shape index (κ3) is 5.96. The summed E-state index contributed by atoms with van der Waals surface area (Å²) in [5, 5.41) is 2.08. The van der Waals surface area contributed by atoms with Crippen molar-refractivity contribution in [1.29, 1.82) is 0 Å². The first-order valence-electron chi connectivity index (χ1n) is 7.21. The van der Waals surface area contributed by atoms with Crippen molar-refractivity contribution in [3.8, 4) is 5.75 Å². The van der Waals surface area contributed by atoms with Crippen molar-refractivity contribution < 1.29 is 27.4 Å². The Morgan fingerprint density at radius 2 is 1.88 bits per heavy atom. The van der Waals surface area contributed by atoms with E-state index in [1.807, 2.05) is 11.1 Å². The highest BCUT2D eigenvalue weighted by Gasteiger charge is 2.31. The van der Waals surface area contributed by atoms with Gasteiger partial charge in [-0.3, -0.25) is 9.59 Å². The molecule has 134 valence electrons. The van der Waals surface area contributed by atoms with Gasteiger partial charge in [-0.15, -0.1) is 0 Å². The number of H-pyrrole nitrogens is 1. The summed E-state index contributed by atoms with van der Waals surface area (Å²) in [6, 6.07) is 9.52. The summed E-state index contributed by atoms with van der Waals surface area (Å²) in [6.45, 7) is -0.128. The maximum absolute atomic E-state index is 12.6. The first-order chi connectivity index (χ1) is 11.9. The number of para-hydroxylation sites is 1. The van der Waals surface area contributed by atoms with Gasteiger partial charge in [-0.05, 0) is 18.2 Å². The molecule has 1 aromatic heterocycles. The molecule has 0 atom stereocenters. The van der Waals surface area contributed by atoms with Crippen molar-refractivity contribution in [2.24, 2.45) is 0 Å². The van der Waals surface area contributed by atoms with Crippen molar-refractivity contribution in [3.05, 3.63) is 58.5 Å². The molecule has 0 aliphatic rings. The van der Waals surface area contributed by atoms with E-state index in [9.17, 15) is 22.8 Å². The number of amides is 1. The van der Waals surface area contributed by atoms with Gasteiger partial charge in [0.25, 0.3) is 11.5 Å². The second-order valence-corrected chi connectivity index (χ2v) is 4.89. The van der Waals surface area contributed by atoms with Crippen molar-refractivity contribution >= 4 is 11.6 Å². The van der Waals surface area contributed by atoms with Gasteiger partial charge in [0, 0.05) is 6.20 Å². The highest BCUT2D eigenvalue weighted by atomic mass is 19.4. The summed E-state index contributed by atoms with van der Waals surface area (Å²) < 4.78 is 48.2. The second kappa shape index (κ2) is 8.34. The molecule has 0 saturated carbocycles. The maximum Gasteiger partial charge on any atom is 0.417 e. The minimum absolute atomic E-state index is 0.0985. The quantitative estimate of drug-likeness (QED) is 0.747. The molecule has 0 bridgehead atoms. The molecule has 2 N–H and O–H groups in total. The predicted molar refractivity (Wildman–Crippen MR) is 83.5 cm³/mol. The lowest BCUT2D eigenvalue weighted by Gasteiger charge is -2.10. The highest BCUT2D eigenvalue weighted by Crippen LogP contribution is 2.29. The molecular weight excluding hydrogens is 341 g/mol. The Hall–Kier alpha value is -2.81. The lowest BCUT2D eigenvalue weighted by atomic mass is 10.2. The van der Waals surface area contributed by atoms with Crippen LogP contribution in [0.2, 0.25) is 0 Å². The minimum atomic E-state index is -4.63. The zero-order valence-electron chi connectivity index (χ0n) is 12.9. The lowest BCUT2D eigenvalue weighted by molar-refractivity contribution is -0.137. The van der Waals surface area contributed by atoms with Gasteiger partial charge in [0.05, 0.1) is 12.2 Å². The van der Waals surface area contributed by atoms with E-state index < -0.39 is 35.5 Å². The fraction of sp³-hybridized carbons (Fsp3) is 0.250. The average Bonchev–Trinajstić information content (AvgIpc) is 2.56. The van der Waals surface area contributed by atoms with Crippen LogP contribution in [0.1, 0.15) is 5.56 Å². The number of nitrogens with one attached hydrogen (secondary N) is 2. The van der Waals surface area contributed by atoms with Crippen LogP contribution in [0.5, 0.6) is 5.75 Å². The minimum Gasteiger partial charge on any atom is -0.491 e. The van der Waals surface area contributed by atoms with Crippen LogP contribution < -0.4 is 15.6 Å². The van der Waals surface area contributed by atoms with Crippen LogP contribution in [0, 0.1) is 0 Å². The Balaban J connectivity index is 1.78. The van der Waals surface area contributed by atoms with Gasteiger partial charge in [-0.1, -0.05) is 18.2 Å². The summed E-state index contributed by atoms with van der Waals surface area (Å²) in [6.07, 6.45) is -4.09. The number of aromatic amines is 1. The average molecular weight is 356 g/mol. The maximum atomic E-state index is 12.6. The van der Waals surface area contributed by atoms with Crippen LogP contribution >= 0.6 is 0 Å². The highest BCUT2D eigenvalue weighted by molar-refractivity contribution is 5.91. The molecule has 0 radical (unpaired) electrons. The molecule has 0 spiro atoms. The van der Waals surface area contributed by atoms with Gasteiger partial charge < -0.3 is 19.8 Å². The topological polar surface area (TPSA) is 80.4 Å². The first kappa shape index (κ1) is 18.5. The number of alkyl halides is 3. The van der Waals surface area contributed by atoms with E-state index in [1.54, 1.807) is 24.3 Å². The molecule has 0 aliphatic heterocycles. The lowest BCUT2D eigenvalue weighted by Crippen LogP contribution is -2.25. The van der Waals surface area contributed by atoms with Crippen molar-refractivity contribution in [2.75, 3.05) is 25.1 Å². The first-order valence-corrected chi connectivity index (χ1v) is 7.21. The van der Waals surface area contributed by atoms with Crippen LogP contribution in [0.25, 0.3) is 0 Å². The zero-order chi connectivity index (χ0) is 18.3. The number of hydrogen-bond donors (Lipinski definition) is 2. The number of rotatable bonds is 7. The molecule has 9 heteroatoms. The van der Waals surface area contributed by atoms with Gasteiger partial charge in [-0.25, -0.2) is 0 Å². The number of carbonyl (C=O) groups excluding carboxylic acids is 1. The fourth-order valence-corrected chi connectivity index (χ4v) is 1.83. The summed E-state index contributed by atoms with van der Waals surface area (Å²) in [5.74, 6) is -0.101. The van der Waals surface area contributed by atoms with E-state index in [0.717, 1.165) is 0 Å². The SMILES string of the molecule is O=C(COCCOc1ccccc1)Nc1cc(C(F)(F)F)c[nH]c1=O. The third-order valence-electron chi connectivity index (χ3n) is 2.98. The molecule has 1 amide bonds. The summed E-state index contributed by atoms with van der Waals surface area (Å²) in [7, 11) is 0. The van der Waals surface area contributed by atoms with Crippen LogP contribution in [0.15, 0.2) is 47.4 Å². The molecule has 2 rings (SSSR count). The largest absolute Gasteiger partial charge is 0.491 e. The Bertz CT molecular complexity index is 760. The van der Waals surface area contributed by atoms with E-state index in [-0.39, 0.29) is 13.2 Å². The number of pyridine rings is 1. The number of anilines is 1. The zero-order valence-corrected chi connectivity index (χ0v) is 12.9. The van der Waals surface area contributed by atoms with Crippen LogP contribution in [-0.2, 0) is 15.7 Å². The summed E-state index contributed by atoms with van der Waals surface area (Å²) in [5.41, 5.74) is -2.41. The molecule has 0 unspecified atom stereocenters. The van der Waals surface area contributed by atoms with E-state index >= 15 is 0 Å². The number of ether oxygens (including phenoxy) is 2. The summed E-state index contributed by atoms with van der Waals surface area (Å²) >= 11 is 0. The van der Waals surface area contributed by atoms with Crippen LogP contribution in [0.4, 0.5) is 18.9 Å². The van der Waals surface area contributed by atoms with Gasteiger partial charge in [0.1, 0.15) is 24.7 Å². The molecule has 25 heavy (non-hydrogen) atoms. The Kier molecular flexibility index (Phi) is 6.18. The van der Waals surface area contributed by atoms with E-state index in [4.69, 9.17) is 9.47 Å².